The Morgan fingerprint density at radius 1 is 0.391 bits per heavy atom. The van der Waals surface area contributed by atoms with E-state index in [1.54, 1.807) is 37.4 Å². The van der Waals surface area contributed by atoms with E-state index in [9.17, 15) is 13.2 Å². The lowest BCUT2D eigenvalue weighted by molar-refractivity contribution is -0.929. The van der Waals surface area contributed by atoms with Crippen molar-refractivity contribution in [2.45, 2.75) is 185 Å². The van der Waals surface area contributed by atoms with Gasteiger partial charge in [-0.2, -0.15) is 12.6 Å². The van der Waals surface area contributed by atoms with Crippen LogP contribution in [0.25, 0.3) is 0 Å². The molecule has 0 bridgehead atoms. The van der Waals surface area contributed by atoms with Gasteiger partial charge in [0.25, 0.3) is 0 Å². The molecule has 0 radical (unpaired) electrons. The molecule has 0 N–H and O–H groups in total. The summed E-state index contributed by atoms with van der Waals surface area (Å²) in [6.45, 7) is 34.1. The first-order valence-corrected chi connectivity index (χ1v) is 28.6. The summed E-state index contributed by atoms with van der Waals surface area (Å²) >= 11 is 0. The van der Waals surface area contributed by atoms with E-state index < -0.39 is 7.28 Å². The third kappa shape index (κ3) is 28.2. The average molecular weight is 959 g/mol. The normalized spacial score (nSPS) is 11.2. The predicted octanol–water partition coefficient (Wildman–Crippen LogP) is 14.4. The second-order valence-corrected chi connectivity index (χ2v) is 20.6. The highest BCUT2D eigenvalue weighted by atomic mass is 19.1. The Labute approximate surface area is 425 Å². The first-order chi connectivity index (χ1) is 33.3. The summed E-state index contributed by atoms with van der Waals surface area (Å²) in [6, 6.07) is 24.7. The molecule has 0 unspecified atom stereocenters. The van der Waals surface area contributed by atoms with E-state index in [4.69, 9.17) is 4.74 Å². The fraction of sp³-hybridized carbons (Fsp3) is 0.607. The van der Waals surface area contributed by atoms with Gasteiger partial charge in [-0.05, 0) is 102 Å². The van der Waals surface area contributed by atoms with E-state index in [1.807, 2.05) is 38.1 Å². The molecule has 0 amide bonds. The number of unbranched alkanes of at least 4 members (excludes halogenated alkanes) is 8. The first-order valence-electron chi connectivity index (χ1n) is 28.6. The number of nitrogens with zero attached hydrogens (tertiary/aromatic N) is 2. The molecule has 0 heterocycles. The van der Waals surface area contributed by atoms with Crippen LogP contribution in [-0.4, -0.2) is 83.0 Å². The number of quaternary nitrogens is 2. The summed E-state index contributed by atoms with van der Waals surface area (Å²) in [6.07, 6.45) is 24.0. The summed E-state index contributed by atoms with van der Waals surface area (Å²) in [7, 11) is 0.886. The number of hydrogen-bond acceptors (Lipinski definition) is 1. The number of aryl methyl sites for hydroxylation is 2. The van der Waals surface area contributed by atoms with Gasteiger partial charge in [0.1, 0.15) is 23.2 Å². The van der Waals surface area contributed by atoms with Crippen LogP contribution in [0.3, 0.4) is 0 Å². The van der Waals surface area contributed by atoms with Crippen LogP contribution < -0.4 is 15.7 Å². The molecule has 3 nitrogen and oxygen atoms in total. The molecule has 0 atom stereocenters. The molecule has 4 rings (SSSR count). The molecule has 0 aromatic heterocycles. The maximum absolute atomic E-state index is 13.2. The van der Waals surface area contributed by atoms with E-state index in [-0.39, 0.29) is 24.7 Å². The molecule has 4 aromatic rings. The van der Waals surface area contributed by atoms with E-state index in [0.717, 1.165) is 35.0 Å². The van der Waals surface area contributed by atoms with Gasteiger partial charge in [0.15, 0.2) is 0 Å². The zero-order valence-electron chi connectivity index (χ0n) is 46.9. The van der Waals surface area contributed by atoms with Crippen molar-refractivity contribution in [3.8, 4) is 5.75 Å². The molecule has 0 spiro atoms. The van der Waals surface area contributed by atoms with Crippen LogP contribution in [-0.2, 0) is 12.6 Å². The fourth-order valence-corrected chi connectivity index (χ4v) is 9.87. The van der Waals surface area contributed by atoms with Crippen molar-refractivity contribution in [3.63, 3.8) is 0 Å². The van der Waals surface area contributed by atoms with Crippen LogP contribution in [0.4, 0.5) is 13.2 Å². The quantitative estimate of drug-likeness (QED) is 0.0361. The van der Waals surface area contributed by atoms with Crippen molar-refractivity contribution in [1.82, 2.24) is 0 Å². The Morgan fingerprint density at radius 3 is 1.01 bits per heavy atom. The third-order valence-electron chi connectivity index (χ3n) is 14.8. The minimum absolute atomic E-state index is 0.130. The Morgan fingerprint density at radius 2 is 0.710 bits per heavy atom. The van der Waals surface area contributed by atoms with Crippen molar-refractivity contribution in [3.05, 3.63) is 125 Å². The number of rotatable bonds is 31. The van der Waals surface area contributed by atoms with Gasteiger partial charge in [-0.1, -0.05) is 178 Å². The maximum atomic E-state index is 13.2. The van der Waals surface area contributed by atoms with Gasteiger partial charge in [0.05, 0.1) is 59.5 Å². The Bertz CT molecular complexity index is 1740. The topological polar surface area (TPSA) is 9.23 Å². The van der Waals surface area contributed by atoms with Gasteiger partial charge >= 0.3 is 0 Å². The Balaban J connectivity index is 0.000000460. The molecule has 390 valence electrons. The molecule has 0 aliphatic carbocycles. The summed E-state index contributed by atoms with van der Waals surface area (Å²) in [5.41, 5.74) is 6.92. The smallest absolute Gasteiger partial charge is 0.123 e. The Hall–Kier alpha value is -3.48. The molecule has 0 saturated carbocycles. The molecule has 0 aliphatic rings. The number of benzene rings is 4. The fourth-order valence-electron chi connectivity index (χ4n) is 9.87. The van der Waals surface area contributed by atoms with Crippen molar-refractivity contribution < 1.29 is 26.9 Å². The van der Waals surface area contributed by atoms with Crippen LogP contribution in [0.1, 0.15) is 180 Å². The molecular formula is C61H103B2F3N2O. The predicted molar refractivity (Wildman–Crippen MR) is 304 cm³/mol. The van der Waals surface area contributed by atoms with E-state index in [1.165, 1.54) is 199 Å². The second-order valence-electron chi connectivity index (χ2n) is 20.6. The zero-order chi connectivity index (χ0) is 51.2. The SMILES string of the molecule is CCCC[N+](CCCC)(CCCC)CCCC.CCCC[N+](CCCC)(CCCC)CCCC.COc1ccc(C[BH2-]c2cc(F)ccc2C)cc1.Cc1ccc(F)cc1[BH2-]Cc1cccc(F)c1. The molecule has 0 fully saturated rings. The van der Waals surface area contributed by atoms with Gasteiger partial charge in [-0.15, -0.1) is 0 Å². The second kappa shape index (κ2) is 39.2. The minimum atomic E-state index is -0.451. The number of halogens is 3. The standard InChI is InChI=1S/2C16H36N.C15H17BFO.C14H14BF2/c2*1-5-9-13-17(14-10-6-2,15-11-7-3)16-12-8-4;1-11-3-6-13(17)9-15(11)16-10-12-4-7-14(18-2)8-5-12;1-10-5-6-13(17)8-14(10)15-9-11-3-2-4-12(16)7-11/h2*5-16H2,1-4H3;3-9H,10,16H2,1-2H3;2-8H,9,15H2,1H3/q2*+1;2*-1. The van der Waals surface area contributed by atoms with Gasteiger partial charge in [-0.3, -0.25) is 0 Å². The lowest BCUT2D eigenvalue weighted by Crippen LogP contribution is -2.50. The zero-order valence-corrected chi connectivity index (χ0v) is 46.9. The highest BCUT2D eigenvalue weighted by Crippen LogP contribution is 2.18. The van der Waals surface area contributed by atoms with Crippen LogP contribution >= 0.6 is 0 Å². The molecular weight excluding hydrogens is 855 g/mol. The van der Waals surface area contributed by atoms with Crippen LogP contribution in [0.5, 0.6) is 5.75 Å². The monoisotopic (exact) mass is 959 g/mol. The summed E-state index contributed by atoms with van der Waals surface area (Å²) < 4.78 is 47.2. The van der Waals surface area contributed by atoms with Gasteiger partial charge in [0, 0.05) is 14.6 Å². The summed E-state index contributed by atoms with van der Waals surface area (Å²) in [5.74, 6) is 0.355. The van der Waals surface area contributed by atoms with Crippen LogP contribution in [0.2, 0.25) is 0 Å². The van der Waals surface area contributed by atoms with Gasteiger partial charge < -0.3 is 13.7 Å². The first kappa shape index (κ1) is 63.5. The largest absolute Gasteiger partial charge is 0.497 e. The number of ether oxygens (including phenoxy) is 1. The maximum Gasteiger partial charge on any atom is 0.123 e. The molecule has 69 heavy (non-hydrogen) atoms. The van der Waals surface area contributed by atoms with Crippen LogP contribution in [0, 0.1) is 31.3 Å². The minimum Gasteiger partial charge on any atom is -0.497 e. The molecule has 8 heteroatoms. The van der Waals surface area contributed by atoms with E-state index in [2.05, 4.69) is 67.5 Å². The lowest BCUT2D eigenvalue weighted by Gasteiger charge is -2.39. The van der Waals surface area contributed by atoms with Crippen molar-refractivity contribution in [1.29, 1.82) is 0 Å². The van der Waals surface area contributed by atoms with Gasteiger partial charge in [0.2, 0.25) is 0 Å². The Kier molecular flexibility index (Phi) is 36.1. The van der Waals surface area contributed by atoms with Gasteiger partial charge in [-0.25, -0.2) is 24.1 Å². The third-order valence-corrected chi connectivity index (χ3v) is 14.8. The van der Waals surface area contributed by atoms with Crippen molar-refractivity contribution in [2.75, 3.05) is 59.5 Å². The number of hydrogen-bond donors (Lipinski definition) is 0. The van der Waals surface area contributed by atoms with Crippen molar-refractivity contribution in [2.24, 2.45) is 0 Å². The van der Waals surface area contributed by atoms with E-state index >= 15 is 0 Å². The van der Waals surface area contributed by atoms with E-state index in [0.29, 0.717) is 0 Å². The summed E-state index contributed by atoms with van der Waals surface area (Å²) in [4.78, 5) is 0. The van der Waals surface area contributed by atoms with Crippen molar-refractivity contribution >= 4 is 25.5 Å². The average Bonchev–Trinajstić information content (AvgIpc) is 3.36. The summed E-state index contributed by atoms with van der Waals surface area (Å²) in [5, 5.41) is 0. The molecule has 4 aromatic carbocycles. The highest BCUT2D eigenvalue weighted by Gasteiger charge is 2.26. The lowest BCUT2D eigenvalue weighted by atomic mass is 9.64. The molecule has 0 aliphatic heterocycles. The number of methoxy groups -OCH3 is 1. The highest BCUT2D eigenvalue weighted by molar-refractivity contribution is 6.54. The molecule has 0 saturated heterocycles. The van der Waals surface area contributed by atoms with Crippen LogP contribution in [0.15, 0.2) is 84.9 Å².